The normalized spacial score (nSPS) is 11.2. The van der Waals surface area contributed by atoms with Gasteiger partial charge in [0, 0.05) is 10.4 Å². The van der Waals surface area contributed by atoms with Crippen LogP contribution in [0.5, 0.6) is 0 Å². The van der Waals surface area contributed by atoms with Crippen LogP contribution >= 0.6 is 11.6 Å². The predicted molar refractivity (Wildman–Crippen MR) is 55.5 cm³/mol. The molecule has 0 N–H and O–H groups in total. The highest BCUT2D eigenvalue weighted by molar-refractivity contribution is 6.31. The molecule has 0 aliphatic rings. The molecule has 0 saturated heterocycles. The highest BCUT2D eigenvalue weighted by atomic mass is 35.5. The van der Waals surface area contributed by atoms with Crippen LogP contribution in [-0.2, 0) is 0 Å². The SMILES string of the molecule is Clc1ccc2c(ccc3cnnn32)c1. The van der Waals surface area contributed by atoms with Gasteiger partial charge in [-0.3, -0.25) is 0 Å². The summed E-state index contributed by atoms with van der Waals surface area (Å²) in [4.78, 5) is 0. The highest BCUT2D eigenvalue weighted by Crippen LogP contribution is 2.19. The number of fused-ring (bicyclic) bond motifs is 3. The fraction of sp³-hybridized carbons (Fsp3) is 0. The Morgan fingerprint density at radius 1 is 1.14 bits per heavy atom. The van der Waals surface area contributed by atoms with Crippen LogP contribution in [0.15, 0.2) is 36.5 Å². The van der Waals surface area contributed by atoms with E-state index in [1.165, 1.54) is 0 Å². The Morgan fingerprint density at radius 3 is 3.00 bits per heavy atom. The largest absolute Gasteiger partial charge is 0.213 e. The van der Waals surface area contributed by atoms with Gasteiger partial charge in [-0.15, -0.1) is 5.10 Å². The zero-order valence-electron chi connectivity index (χ0n) is 7.18. The molecule has 0 atom stereocenters. The van der Waals surface area contributed by atoms with Crippen LogP contribution in [0.2, 0.25) is 5.02 Å². The number of benzene rings is 1. The summed E-state index contributed by atoms with van der Waals surface area (Å²) in [6.45, 7) is 0. The number of rotatable bonds is 0. The topological polar surface area (TPSA) is 30.2 Å². The van der Waals surface area contributed by atoms with Crippen LogP contribution in [0.4, 0.5) is 0 Å². The molecule has 0 aliphatic carbocycles. The second kappa shape index (κ2) is 2.69. The summed E-state index contributed by atoms with van der Waals surface area (Å²) in [5, 5.41) is 9.65. The molecule has 0 amide bonds. The van der Waals surface area contributed by atoms with E-state index in [4.69, 9.17) is 11.6 Å². The molecular weight excluding hydrogens is 198 g/mol. The first-order valence-corrected chi connectivity index (χ1v) is 4.61. The van der Waals surface area contributed by atoms with Crippen molar-refractivity contribution < 1.29 is 0 Å². The number of pyridine rings is 1. The first-order valence-electron chi connectivity index (χ1n) is 4.23. The van der Waals surface area contributed by atoms with Crippen molar-refractivity contribution in [2.24, 2.45) is 0 Å². The molecule has 2 aromatic heterocycles. The first-order chi connectivity index (χ1) is 6.84. The van der Waals surface area contributed by atoms with Crippen molar-refractivity contribution in [2.45, 2.75) is 0 Å². The number of hydrogen-bond acceptors (Lipinski definition) is 2. The van der Waals surface area contributed by atoms with E-state index >= 15 is 0 Å². The molecule has 4 heteroatoms. The number of nitrogens with zero attached hydrogens (tertiary/aromatic N) is 3. The summed E-state index contributed by atoms with van der Waals surface area (Å²) in [7, 11) is 0. The van der Waals surface area contributed by atoms with Crippen molar-refractivity contribution in [3.8, 4) is 0 Å². The molecule has 0 radical (unpaired) electrons. The van der Waals surface area contributed by atoms with Crippen LogP contribution in [0.25, 0.3) is 16.4 Å². The number of halogens is 1. The van der Waals surface area contributed by atoms with Crippen molar-refractivity contribution in [3.63, 3.8) is 0 Å². The van der Waals surface area contributed by atoms with Crippen LogP contribution in [0.3, 0.4) is 0 Å². The minimum Gasteiger partial charge on any atom is -0.213 e. The van der Waals surface area contributed by atoms with Gasteiger partial charge < -0.3 is 0 Å². The average molecular weight is 204 g/mol. The van der Waals surface area contributed by atoms with Crippen molar-refractivity contribution in [1.29, 1.82) is 0 Å². The standard InChI is InChI=1S/C10H6ClN3/c11-8-2-4-10-7(5-8)1-3-9-6-12-13-14(9)10/h1-6H. The first kappa shape index (κ1) is 7.76. The van der Waals surface area contributed by atoms with Gasteiger partial charge in [-0.2, -0.15) is 0 Å². The summed E-state index contributed by atoms with van der Waals surface area (Å²) in [6, 6.07) is 9.70. The van der Waals surface area contributed by atoms with Gasteiger partial charge in [0.25, 0.3) is 0 Å². The molecule has 0 saturated carbocycles. The van der Waals surface area contributed by atoms with Crippen molar-refractivity contribution >= 4 is 28.0 Å². The summed E-state index contributed by atoms with van der Waals surface area (Å²) in [6.07, 6.45) is 1.73. The zero-order valence-corrected chi connectivity index (χ0v) is 7.94. The summed E-state index contributed by atoms with van der Waals surface area (Å²) >= 11 is 5.90. The Kier molecular flexibility index (Phi) is 1.49. The van der Waals surface area contributed by atoms with Crippen molar-refractivity contribution in [2.75, 3.05) is 0 Å². The molecule has 2 heterocycles. The molecule has 1 aromatic carbocycles. The smallest absolute Gasteiger partial charge is 0.0872 e. The third kappa shape index (κ3) is 0.992. The molecule has 14 heavy (non-hydrogen) atoms. The van der Waals surface area contributed by atoms with Crippen LogP contribution in [-0.4, -0.2) is 14.8 Å². The Bertz CT molecular complexity index is 615. The molecule has 0 fully saturated rings. The summed E-state index contributed by atoms with van der Waals surface area (Å²) in [5.74, 6) is 0. The summed E-state index contributed by atoms with van der Waals surface area (Å²) in [5.41, 5.74) is 2.00. The van der Waals surface area contributed by atoms with Gasteiger partial charge in [0.15, 0.2) is 0 Å². The number of hydrogen-bond donors (Lipinski definition) is 0. The molecule has 3 nitrogen and oxygen atoms in total. The lowest BCUT2D eigenvalue weighted by molar-refractivity contribution is 0.882. The van der Waals surface area contributed by atoms with E-state index < -0.39 is 0 Å². The predicted octanol–water partition coefficient (Wildman–Crippen LogP) is 2.54. The maximum Gasteiger partial charge on any atom is 0.0872 e. The molecule has 0 bridgehead atoms. The molecule has 0 aliphatic heterocycles. The second-order valence-electron chi connectivity index (χ2n) is 3.11. The Balaban J connectivity index is 2.57. The van der Waals surface area contributed by atoms with Gasteiger partial charge >= 0.3 is 0 Å². The Hall–Kier alpha value is -1.61. The Labute approximate surface area is 84.9 Å². The molecule has 3 aromatic rings. The maximum absolute atomic E-state index is 5.90. The quantitative estimate of drug-likeness (QED) is 0.562. The summed E-state index contributed by atoms with van der Waals surface area (Å²) < 4.78 is 1.80. The van der Waals surface area contributed by atoms with Gasteiger partial charge in [0.2, 0.25) is 0 Å². The minimum atomic E-state index is 0.733. The molecule has 0 spiro atoms. The molecule has 68 valence electrons. The third-order valence-corrected chi connectivity index (χ3v) is 2.46. The molecule has 0 unspecified atom stereocenters. The minimum absolute atomic E-state index is 0.733. The fourth-order valence-electron chi connectivity index (χ4n) is 1.57. The molecule has 3 rings (SSSR count). The van der Waals surface area contributed by atoms with Crippen LogP contribution < -0.4 is 0 Å². The zero-order chi connectivity index (χ0) is 9.54. The van der Waals surface area contributed by atoms with E-state index in [9.17, 15) is 0 Å². The Morgan fingerprint density at radius 2 is 2.07 bits per heavy atom. The monoisotopic (exact) mass is 203 g/mol. The van der Waals surface area contributed by atoms with Crippen molar-refractivity contribution in [3.05, 3.63) is 41.6 Å². The lowest BCUT2D eigenvalue weighted by Gasteiger charge is -2.00. The molecular formula is C10H6ClN3. The van der Waals surface area contributed by atoms with E-state index in [0.29, 0.717) is 0 Å². The van der Waals surface area contributed by atoms with Gasteiger partial charge in [-0.05, 0) is 24.3 Å². The van der Waals surface area contributed by atoms with E-state index in [2.05, 4.69) is 10.3 Å². The van der Waals surface area contributed by atoms with Gasteiger partial charge in [-0.25, -0.2) is 4.52 Å². The lowest BCUT2D eigenvalue weighted by Crippen LogP contribution is -1.89. The van der Waals surface area contributed by atoms with E-state index in [1.807, 2.05) is 30.3 Å². The fourth-order valence-corrected chi connectivity index (χ4v) is 1.75. The number of aromatic nitrogens is 3. The van der Waals surface area contributed by atoms with E-state index in [0.717, 1.165) is 21.4 Å². The van der Waals surface area contributed by atoms with Crippen molar-refractivity contribution in [1.82, 2.24) is 14.8 Å². The van der Waals surface area contributed by atoms with Crippen LogP contribution in [0.1, 0.15) is 0 Å². The second-order valence-corrected chi connectivity index (χ2v) is 3.54. The van der Waals surface area contributed by atoms with Gasteiger partial charge in [-0.1, -0.05) is 22.9 Å². The maximum atomic E-state index is 5.90. The average Bonchev–Trinajstić information content (AvgIpc) is 2.65. The van der Waals surface area contributed by atoms with Gasteiger partial charge in [0.05, 0.1) is 17.2 Å². The third-order valence-electron chi connectivity index (χ3n) is 2.23. The van der Waals surface area contributed by atoms with Gasteiger partial charge in [0.1, 0.15) is 0 Å². The highest BCUT2D eigenvalue weighted by Gasteiger charge is 2.01. The lowest BCUT2D eigenvalue weighted by atomic mass is 10.2. The van der Waals surface area contributed by atoms with Crippen LogP contribution in [0, 0.1) is 0 Å². The van der Waals surface area contributed by atoms with E-state index in [-0.39, 0.29) is 0 Å². The van der Waals surface area contributed by atoms with E-state index in [1.54, 1.807) is 10.7 Å².